The van der Waals surface area contributed by atoms with Crippen LogP contribution in [0.5, 0.6) is 5.75 Å². The van der Waals surface area contributed by atoms with Gasteiger partial charge in [-0.1, -0.05) is 37.1 Å². The van der Waals surface area contributed by atoms with E-state index in [1.807, 2.05) is 24.3 Å². The fourth-order valence-corrected chi connectivity index (χ4v) is 7.11. The molecule has 0 amide bonds. The Morgan fingerprint density at radius 3 is 2.71 bits per heavy atom. The number of hydrogen-bond acceptors (Lipinski definition) is 3. The molecule has 0 bridgehead atoms. The minimum atomic E-state index is -0.848. The third kappa shape index (κ3) is 3.41. The number of carbonyl (C=O) groups is 1. The Morgan fingerprint density at radius 2 is 1.94 bits per heavy atom. The second-order valence-corrected chi connectivity index (χ2v) is 10.1. The largest absolute Gasteiger partial charge is 0.423 e. The maximum absolute atomic E-state index is 12.4. The van der Waals surface area contributed by atoms with Gasteiger partial charge in [-0.2, -0.15) is 0 Å². The van der Waals surface area contributed by atoms with Crippen molar-refractivity contribution in [1.29, 1.82) is 0 Å². The summed E-state index contributed by atoms with van der Waals surface area (Å²) in [6.45, 7) is 2.27. The molecule has 0 aromatic heterocycles. The number of aryl methyl sites for hydroxylation is 1. The fourth-order valence-electron chi connectivity index (χ4n) is 6.66. The fraction of sp³-hybridized carbons (Fsp3) is 0.444. The summed E-state index contributed by atoms with van der Waals surface area (Å²) in [6, 6.07) is 15.3. The second kappa shape index (κ2) is 7.94. The zero-order valence-corrected chi connectivity index (χ0v) is 19.9. The van der Waals surface area contributed by atoms with E-state index in [1.54, 1.807) is 12.1 Å². The summed E-state index contributed by atoms with van der Waals surface area (Å²) in [4.78, 5) is 12.4. The van der Waals surface area contributed by atoms with Crippen molar-refractivity contribution in [3.63, 3.8) is 0 Å². The lowest BCUT2D eigenvalue weighted by Gasteiger charge is -2.52. The molecule has 0 saturated heterocycles. The van der Waals surface area contributed by atoms with Crippen LogP contribution in [-0.2, 0) is 6.42 Å². The van der Waals surface area contributed by atoms with E-state index in [9.17, 15) is 9.90 Å². The van der Waals surface area contributed by atoms with Crippen LogP contribution in [0.3, 0.4) is 0 Å². The summed E-state index contributed by atoms with van der Waals surface area (Å²) in [5, 5.41) is 11.3. The molecular weight excluding hydrogens is 499 g/mol. The highest BCUT2D eigenvalue weighted by atomic mass is 127. The molecule has 0 unspecified atom stereocenters. The predicted octanol–water partition coefficient (Wildman–Crippen LogP) is 5.89. The normalized spacial score (nSPS) is 33.3. The minimum absolute atomic E-state index is 0.116. The smallest absolute Gasteiger partial charge is 0.343 e. The first-order chi connectivity index (χ1) is 14.9. The Morgan fingerprint density at radius 1 is 1.13 bits per heavy atom. The van der Waals surface area contributed by atoms with Gasteiger partial charge in [0, 0.05) is 28.0 Å². The minimum Gasteiger partial charge on any atom is -0.423 e. The summed E-state index contributed by atoms with van der Waals surface area (Å²) in [5.41, 5.74) is 2.32. The van der Waals surface area contributed by atoms with Crippen molar-refractivity contribution >= 4 is 28.6 Å². The number of halogens is 1. The van der Waals surface area contributed by atoms with Crippen molar-refractivity contribution in [3.05, 3.63) is 65.2 Å². The third-order valence-corrected chi connectivity index (χ3v) is 8.59. The van der Waals surface area contributed by atoms with Gasteiger partial charge in [0.2, 0.25) is 0 Å². The molecule has 31 heavy (non-hydrogen) atoms. The van der Waals surface area contributed by atoms with E-state index in [0.717, 1.165) is 38.5 Å². The first-order valence-electron chi connectivity index (χ1n) is 11.2. The summed E-state index contributed by atoms with van der Waals surface area (Å²) in [5.74, 6) is 5.09. The number of hydrogen-bond donors (Lipinski definition) is 1. The van der Waals surface area contributed by atoms with Crippen molar-refractivity contribution in [1.82, 2.24) is 0 Å². The molecule has 0 radical (unpaired) electrons. The number of benzene rings is 2. The first-order valence-corrected chi connectivity index (χ1v) is 12.3. The monoisotopic (exact) mass is 526 g/mol. The molecule has 160 valence electrons. The molecule has 2 fully saturated rings. The molecule has 3 nitrogen and oxygen atoms in total. The van der Waals surface area contributed by atoms with Crippen molar-refractivity contribution < 1.29 is 14.6 Å². The van der Waals surface area contributed by atoms with Crippen LogP contribution in [0.2, 0.25) is 0 Å². The average Bonchev–Trinajstić information content (AvgIpc) is 3.05. The van der Waals surface area contributed by atoms with Gasteiger partial charge in [-0.25, -0.2) is 4.79 Å². The molecule has 0 aliphatic heterocycles. The van der Waals surface area contributed by atoms with Crippen LogP contribution < -0.4 is 4.74 Å². The van der Waals surface area contributed by atoms with Gasteiger partial charge in [-0.05, 0) is 95.6 Å². The molecule has 3 aliphatic rings. The van der Waals surface area contributed by atoms with E-state index >= 15 is 0 Å². The van der Waals surface area contributed by atoms with Crippen molar-refractivity contribution in [3.8, 4) is 15.6 Å². The summed E-state index contributed by atoms with van der Waals surface area (Å²) in [7, 11) is 0. The maximum atomic E-state index is 12.4. The van der Waals surface area contributed by atoms with E-state index in [1.165, 1.54) is 11.1 Å². The lowest BCUT2D eigenvalue weighted by atomic mass is 9.53. The summed E-state index contributed by atoms with van der Waals surface area (Å²) in [6.07, 6.45) is 6.05. The lowest BCUT2D eigenvalue weighted by Crippen LogP contribution is -2.50. The van der Waals surface area contributed by atoms with Gasteiger partial charge < -0.3 is 9.84 Å². The predicted molar refractivity (Wildman–Crippen MR) is 129 cm³/mol. The quantitative estimate of drug-likeness (QED) is 0.230. The van der Waals surface area contributed by atoms with Gasteiger partial charge >= 0.3 is 5.97 Å². The Hall–Kier alpha value is -1.84. The van der Waals surface area contributed by atoms with E-state index in [-0.39, 0.29) is 11.4 Å². The topological polar surface area (TPSA) is 46.5 Å². The highest BCUT2D eigenvalue weighted by molar-refractivity contribution is 14.1. The average molecular weight is 526 g/mol. The summed E-state index contributed by atoms with van der Waals surface area (Å²) >= 11 is 2.05. The molecule has 5 atom stereocenters. The van der Waals surface area contributed by atoms with E-state index < -0.39 is 5.60 Å². The van der Waals surface area contributed by atoms with E-state index in [2.05, 4.69) is 51.5 Å². The molecule has 4 heteroatoms. The Kier molecular flexibility index (Phi) is 5.38. The standard InChI is InChI=1S/C27H27IO3/c1-26-13-11-22-21-10-8-20(31-25(29)18-5-3-2-4-6-18)17-19(21)7-9-23(22)24(26)12-14-27(26,30)15-16-28/h2-6,8,10,17,22-24,30H,7,9,11-14H2,1H3/t22-,23-,24+,26+,27-/m1/s1. The molecule has 2 saturated carbocycles. The number of ether oxygens (including phenoxy) is 1. The first kappa shape index (κ1) is 21.0. The van der Waals surface area contributed by atoms with Gasteiger partial charge in [-0.3, -0.25) is 0 Å². The molecule has 2 aromatic carbocycles. The highest BCUT2D eigenvalue weighted by Gasteiger charge is 2.61. The van der Waals surface area contributed by atoms with Gasteiger partial charge in [0.25, 0.3) is 0 Å². The Labute approximate surface area is 197 Å². The number of aliphatic hydroxyl groups is 1. The second-order valence-electron chi connectivity index (χ2n) is 9.61. The van der Waals surface area contributed by atoms with E-state index in [0.29, 0.717) is 29.1 Å². The number of rotatable bonds is 2. The van der Waals surface area contributed by atoms with Crippen LogP contribution >= 0.6 is 22.6 Å². The van der Waals surface area contributed by atoms with Crippen molar-refractivity contribution in [2.75, 3.05) is 0 Å². The van der Waals surface area contributed by atoms with Gasteiger partial charge in [-0.15, -0.1) is 0 Å². The zero-order valence-electron chi connectivity index (χ0n) is 17.7. The molecule has 0 spiro atoms. The zero-order chi connectivity index (χ0) is 21.6. The number of carbonyl (C=O) groups excluding carboxylic acids is 1. The molecule has 2 aromatic rings. The Balaban J connectivity index is 1.38. The molecule has 3 aliphatic carbocycles. The van der Waals surface area contributed by atoms with Crippen LogP contribution in [0.15, 0.2) is 48.5 Å². The van der Waals surface area contributed by atoms with E-state index in [4.69, 9.17) is 4.74 Å². The van der Waals surface area contributed by atoms with Crippen LogP contribution in [0.1, 0.15) is 66.4 Å². The molecule has 5 rings (SSSR count). The third-order valence-electron chi connectivity index (χ3n) is 8.32. The summed E-state index contributed by atoms with van der Waals surface area (Å²) < 4.78 is 8.61. The Bertz CT molecular complexity index is 1070. The van der Waals surface area contributed by atoms with Gasteiger partial charge in [0.05, 0.1) is 5.56 Å². The molecule has 1 N–H and O–H groups in total. The molecule has 0 heterocycles. The van der Waals surface area contributed by atoms with Crippen LogP contribution in [0, 0.1) is 27.1 Å². The van der Waals surface area contributed by atoms with Crippen molar-refractivity contribution in [2.24, 2.45) is 17.3 Å². The lowest BCUT2D eigenvalue weighted by molar-refractivity contribution is -0.0647. The maximum Gasteiger partial charge on any atom is 0.343 e. The van der Waals surface area contributed by atoms with Crippen LogP contribution in [0.25, 0.3) is 0 Å². The number of esters is 1. The highest BCUT2D eigenvalue weighted by Crippen LogP contribution is 2.64. The van der Waals surface area contributed by atoms with Gasteiger partial charge in [0.15, 0.2) is 0 Å². The van der Waals surface area contributed by atoms with Crippen LogP contribution in [0.4, 0.5) is 0 Å². The molecular formula is C27H27IO3. The SMILES string of the molecule is C[C@]12CC[C@@H]3c4ccc(OC(=O)c5ccccc5)cc4CC[C@H]3[C@@H]1CC[C@@]2(O)C#CI. The van der Waals surface area contributed by atoms with Crippen molar-refractivity contribution in [2.45, 2.75) is 57.0 Å². The van der Waals surface area contributed by atoms with Crippen LogP contribution in [-0.4, -0.2) is 16.7 Å². The van der Waals surface area contributed by atoms with Gasteiger partial charge in [0.1, 0.15) is 11.4 Å². The number of fused-ring (bicyclic) bond motifs is 5.